The van der Waals surface area contributed by atoms with Gasteiger partial charge in [0.05, 0.1) is 9.92 Å². The Morgan fingerprint density at radius 2 is 1.75 bits per heavy atom. The molecular formula is C26H22ClFN2O5S. The molecule has 0 spiro atoms. The third kappa shape index (κ3) is 5.59. The number of nitrogens with one attached hydrogen (secondary N) is 1. The lowest BCUT2D eigenvalue weighted by Gasteiger charge is -2.16. The van der Waals surface area contributed by atoms with Crippen LogP contribution in [0.4, 0.5) is 10.1 Å². The Labute approximate surface area is 212 Å². The summed E-state index contributed by atoms with van der Waals surface area (Å²) in [5, 5.41) is 9.86. The van der Waals surface area contributed by atoms with Gasteiger partial charge in [0.2, 0.25) is 10.0 Å². The fourth-order valence-corrected chi connectivity index (χ4v) is 4.57. The number of fused-ring (bicyclic) bond motifs is 1. The summed E-state index contributed by atoms with van der Waals surface area (Å²) in [6.45, 7) is 3.04. The number of ether oxygens (including phenoxy) is 2. The number of hydrogen-bond donors (Lipinski definition) is 2. The predicted molar refractivity (Wildman–Crippen MR) is 137 cm³/mol. The van der Waals surface area contributed by atoms with E-state index in [1.807, 2.05) is 37.3 Å². The maximum absolute atomic E-state index is 14.1. The van der Waals surface area contributed by atoms with E-state index in [1.165, 1.54) is 30.3 Å². The first-order chi connectivity index (χ1) is 17.0. The lowest BCUT2D eigenvalue weighted by atomic mass is 10.1. The van der Waals surface area contributed by atoms with Crippen molar-refractivity contribution in [3.63, 3.8) is 0 Å². The van der Waals surface area contributed by atoms with Crippen LogP contribution >= 0.6 is 11.6 Å². The van der Waals surface area contributed by atoms with Gasteiger partial charge in [-0.15, -0.1) is 0 Å². The predicted octanol–water partition coefficient (Wildman–Crippen LogP) is 5.71. The Hall–Kier alpha value is -3.66. The molecule has 0 radical (unpaired) electrons. The molecule has 4 aromatic rings. The molecule has 7 nitrogen and oxygen atoms in total. The lowest BCUT2D eigenvalue weighted by Crippen LogP contribution is -2.21. The molecule has 0 aliphatic rings. The zero-order chi connectivity index (χ0) is 26.0. The number of benzene rings is 4. The quantitative estimate of drug-likeness (QED) is 0.319. The number of carbonyl (C=O) groups is 1. The molecular weight excluding hydrogens is 507 g/mol. The van der Waals surface area contributed by atoms with E-state index in [0.29, 0.717) is 22.0 Å². The molecule has 186 valence electrons. The Balaban J connectivity index is 1.52. The van der Waals surface area contributed by atoms with E-state index in [1.54, 1.807) is 6.92 Å². The van der Waals surface area contributed by atoms with Crippen LogP contribution in [-0.4, -0.2) is 20.9 Å². The molecule has 1 amide bonds. The van der Waals surface area contributed by atoms with Crippen molar-refractivity contribution in [3.8, 4) is 17.2 Å². The average Bonchev–Trinajstić information content (AvgIpc) is 2.82. The third-order valence-corrected chi connectivity index (χ3v) is 6.69. The van der Waals surface area contributed by atoms with Gasteiger partial charge >= 0.3 is 0 Å². The van der Waals surface area contributed by atoms with Crippen molar-refractivity contribution in [1.29, 1.82) is 0 Å². The highest BCUT2D eigenvalue weighted by atomic mass is 35.5. The summed E-state index contributed by atoms with van der Waals surface area (Å²) in [6, 6.07) is 17.2. The molecule has 0 aliphatic carbocycles. The molecule has 0 bridgehead atoms. The minimum Gasteiger partial charge on any atom is -0.480 e. The van der Waals surface area contributed by atoms with Gasteiger partial charge in [-0.2, -0.15) is 0 Å². The normalized spacial score (nSPS) is 11.4. The van der Waals surface area contributed by atoms with Crippen LogP contribution in [0.2, 0.25) is 5.02 Å². The lowest BCUT2D eigenvalue weighted by molar-refractivity contribution is -0.118. The van der Waals surface area contributed by atoms with E-state index in [9.17, 15) is 17.6 Å². The zero-order valence-corrected chi connectivity index (χ0v) is 20.9. The van der Waals surface area contributed by atoms with Crippen molar-refractivity contribution in [2.75, 3.05) is 11.9 Å². The van der Waals surface area contributed by atoms with E-state index in [2.05, 4.69) is 5.32 Å². The summed E-state index contributed by atoms with van der Waals surface area (Å²) in [6.07, 6.45) is 0. The van der Waals surface area contributed by atoms with E-state index < -0.39 is 28.4 Å². The molecule has 0 fully saturated rings. The van der Waals surface area contributed by atoms with Crippen molar-refractivity contribution >= 4 is 44.0 Å². The summed E-state index contributed by atoms with van der Waals surface area (Å²) >= 11 is 6.59. The van der Waals surface area contributed by atoms with Gasteiger partial charge in [0.25, 0.3) is 5.91 Å². The average molecular weight is 529 g/mol. The van der Waals surface area contributed by atoms with Gasteiger partial charge < -0.3 is 14.8 Å². The van der Waals surface area contributed by atoms with Gasteiger partial charge in [0.1, 0.15) is 11.6 Å². The van der Waals surface area contributed by atoms with Gasteiger partial charge in [-0.25, -0.2) is 17.9 Å². The van der Waals surface area contributed by atoms with Gasteiger partial charge in [0, 0.05) is 17.1 Å². The van der Waals surface area contributed by atoms with Crippen molar-refractivity contribution < 1.29 is 27.1 Å². The van der Waals surface area contributed by atoms with E-state index in [0.717, 1.165) is 22.4 Å². The highest BCUT2D eigenvalue weighted by molar-refractivity contribution is 7.89. The smallest absolute Gasteiger partial charge is 0.262 e. The van der Waals surface area contributed by atoms with Crippen molar-refractivity contribution in [3.05, 3.63) is 88.7 Å². The zero-order valence-electron chi connectivity index (χ0n) is 19.3. The number of hydrogen-bond acceptors (Lipinski definition) is 5. The van der Waals surface area contributed by atoms with Crippen LogP contribution in [0.25, 0.3) is 10.8 Å². The number of rotatable bonds is 7. The fraction of sp³-hybridized carbons (Fsp3) is 0.115. The second-order valence-electron chi connectivity index (χ2n) is 8.11. The highest BCUT2D eigenvalue weighted by Gasteiger charge is 2.17. The summed E-state index contributed by atoms with van der Waals surface area (Å²) < 4.78 is 48.6. The number of nitrogens with two attached hydrogens (primary N) is 1. The van der Waals surface area contributed by atoms with Gasteiger partial charge in [-0.05, 0) is 66.8 Å². The molecule has 0 heterocycles. The number of carbonyl (C=O) groups excluding carboxylic acids is 1. The monoisotopic (exact) mass is 528 g/mol. The van der Waals surface area contributed by atoms with E-state index in [4.69, 9.17) is 26.2 Å². The van der Waals surface area contributed by atoms with Crippen LogP contribution in [0.5, 0.6) is 17.2 Å². The van der Waals surface area contributed by atoms with Crippen LogP contribution in [-0.2, 0) is 14.8 Å². The largest absolute Gasteiger partial charge is 0.480 e. The number of sulfonamides is 1. The number of amides is 1. The number of halogens is 2. The van der Waals surface area contributed by atoms with Crippen molar-refractivity contribution in [1.82, 2.24) is 0 Å². The van der Waals surface area contributed by atoms with Crippen molar-refractivity contribution in [2.45, 2.75) is 18.7 Å². The number of aryl methyl sites for hydroxylation is 2. The van der Waals surface area contributed by atoms with Crippen LogP contribution in [0.3, 0.4) is 0 Å². The maximum Gasteiger partial charge on any atom is 0.262 e. The second kappa shape index (κ2) is 10.1. The van der Waals surface area contributed by atoms with Crippen molar-refractivity contribution in [2.24, 2.45) is 5.14 Å². The van der Waals surface area contributed by atoms with E-state index in [-0.39, 0.29) is 16.4 Å². The minimum atomic E-state index is -3.86. The number of primary sulfonamides is 1. The molecule has 0 aromatic heterocycles. The molecule has 0 unspecified atom stereocenters. The molecule has 36 heavy (non-hydrogen) atoms. The summed E-state index contributed by atoms with van der Waals surface area (Å²) in [5.74, 6) is -0.535. The third-order valence-electron chi connectivity index (χ3n) is 5.40. The SMILES string of the molecule is Cc1cc(S(N)(=O)=O)ccc1NC(=O)COc1ccc(F)cc1Oc1c(C)cc2ccccc2c1Cl. The van der Waals surface area contributed by atoms with E-state index >= 15 is 0 Å². The molecule has 10 heteroatoms. The van der Waals surface area contributed by atoms with Gasteiger partial charge in [0.15, 0.2) is 18.1 Å². The molecule has 0 saturated heterocycles. The fourth-order valence-electron chi connectivity index (χ4n) is 3.62. The first-order valence-electron chi connectivity index (χ1n) is 10.7. The second-order valence-corrected chi connectivity index (χ2v) is 10.0. The Kier molecular flexibility index (Phi) is 7.16. The van der Waals surface area contributed by atoms with Crippen LogP contribution in [0, 0.1) is 19.7 Å². The molecule has 0 aliphatic heterocycles. The first-order valence-corrected chi connectivity index (χ1v) is 12.7. The Bertz CT molecular complexity index is 1590. The minimum absolute atomic E-state index is 0.0526. The van der Waals surface area contributed by atoms with Crippen LogP contribution in [0.15, 0.2) is 71.6 Å². The number of anilines is 1. The Morgan fingerprint density at radius 1 is 1.00 bits per heavy atom. The van der Waals surface area contributed by atoms with Crippen LogP contribution in [0.1, 0.15) is 11.1 Å². The molecule has 3 N–H and O–H groups in total. The van der Waals surface area contributed by atoms with Gasteiger partial charge in [-0.3, -0.25) is 4.79 Å². The first kappa shape index (κ1) is 25.4. The van der Waals surface area contributed by atoms with Gasteiger partial charge in [-0.1, -0.05) is 35.9 Å². The highest BCUT2D eigenvalue weighted by Crippen LogP contribution is 2.41. The standard InChI is InChI=1S/C26H22ClFN2O5S/c1-15-12-19(36(29,32)33)8-9-21(15)30-24(31)14-34-22-10-7-18(28)13-23(22)35-26-16(2)11-17-5-3-4-6-20(17)25(26)27/h3-13H,14H2,1-2H3,(H,30,31)(H2,29,32,33). The van der Waals surface area contributed by atoms with Crippen LogP contribution < -0.4 is 19.9 Å². The molecule has 0 saturated carbocycles. The maximum atomic E-state index is 14.1. The summed E-state index contributed by atoms with van der Waals surface area (Å²) in [7, 11) is -3.86. The topological polar surface area (TPSA) is 108 Å². The molecule has 0 atom stereocenters. The summed E-state index contributed by atoms with van der Waals surface area (Å²) in [4.78, 5) is 12.4. The molecule has 4 rings (SSSR count). The summed E-state index contributed by atoms with van der Waals surface area (Å²) in [5.41, 5.74) is 1.64. The Morgan fingerprint density at radius 3 is 2.47 bits per heavy atom. The molecule has 4 aromatic carbocycles.